The summed E-state index contributed by atoms with van der Waals surface area (Å²) in [6.45, 7) is 10.1. The molecule has 1 heteroatoms. The molecule has 0 radical (unpaired) electrons. The largest absolute Gasteiger partial charge is 0.314 e. The van der Waals surface area contributed by atoms with Gasteiger partial charge in [0.25, 0.3) is 0 Å². The summed E-state index contributed by atoms with van der Waals surface area (Å²) in [5, 5.41) is 3.62. The van der Waals surface area contributed by atoms with Gasteiger partial charge in [0, 0.05) is 6.04 Å². The van der Waals surface area contributed by atoms with Gasteiger partial charge in [-0.25, -0.2) is 0 Å². The maximum absolute atomic E-state index is 3.62. The minimum Gasteiger partial charge on any atom is -0.314 e. The molecule has 1 saturated carbocycles. The third kappa shape index (κ3) is 4.07. The summed E-state index contributed by atoms with van der Waals surface area (Å²) < 4.78 is 0. The van der Waals surface area contributed by atoms with Crippen LogP contribution in [0, 0.1) is 25.7 Å². The minimum absolute atomic E-state index is 0.614. The van der Waals surface area contributed by atoms with Crippen LogP contribution in [0.15, 0.2) is 18.2 Å². The monoisotopic (exact) mass is 259 g/mol. The lowest BCUT2D eigenvalue weighted by Gasteiger charge is -2.22. The number of rotatable bonds is 5. The molecule has 106 valence electrons. The lowest BCUT2D eigenvalue weighted by molar-refractivity contribution is 0.354. The maximum Gasteiger partial charge on any atom is 0.00104 e. The molecule has 1 aromatic carbocycles. The average molecular weight is 259 g/mol. The molecule has 0 bridgehead atoms. The van der Waals surface area contributed by atoms with Crippen LogP contribution in [0.4, 0.5) is 0 Å². The van der Waals surface area contributed by atoms with Crippen LogP contribution in [0.1, 0.15) is 49.8 Å². The number of aryl methyl sites for hydroxylation is 2. The first-order valence-electron chi connectivity index (χ1n) is 7.85. The topological polar surface area (TPSA) is 12.0 Å². The molecule has 0 saturated heterocycles. The van der Waals surface area contributed by atoms with Crippen molar-refractivity contribution in [3.8, 4) is 0 Å². The summed E-state index contributed by atoms with van der Waals surface area (Å²) in [4.78, 5) is 0. The molecule has 2 atom stereocenters. The van der Waals surface area contributed by atoms with Crippen molar-refractivity contribution >= 4 is 0 Å². The average Bonchev–Trinajstić information content (AvgIpc) is 2.79. The van der Waals surface area contributed by atoms with E-state index in [-0.39, 0.29) is 0 Å². The van der Waals surface area contributed by atoms with Gasteiger partial charge in [-0.05, 0) is 68.2 Å². The quantitative estimate of drug-likeness (QED) is 0.833. The van der Waals surface area contributed by atoms with Gasteiger partial charge in [-0.2, -0.15) is 0 Å². The molecule has 1 aromatic rings. The Morgan fingerprint density at radius 1 is 1.11 bits per heavy atom. The van der Waals surface area contributed by atoms with Crippen molar-refractivity contribution in [1.29, 1.82) is 0 Å². The zero-order valence-electron chi connectivity index (χ0n) is 13.0. The van der Waals surface area contributed by atoms with Crippen molar-refractivity contribution in [2.45, 2.75) is 59.4 Å². The number of hydrogen-bond donors (Lipinski definition) is 1. The van der Waals surface area contributed by atoms with Gasteiger partial charge in [-0.1, -0.05) is 38.5 Å². The van der Waals surface area contributed by atoms with Crippen molar-refractivity contribution in [1.82, 2.24) is 5.32 Å². The Labute approximate surface area is 118 Å². The summed E-state index contributed by atoms with van der Waals surface area (Å²) >= 11 is 0. The van der Waals surface area contributed by atoms with Gasteiger partial charge in [0.15, 0.2) is 0 Å². The molecular weight excluding hydrogens is 230 g/mol. The van der Waals surface area contributed by atoms with Crippen molar-refractivity contribution in [2.75, 3.05) is 6.54 Å². The highest BCUT2D eigenvalue weighted by Gasteiger charge is 2.27. The summed E-state index contributed by atoms with van der Waals surface area (Å²) in [6.07, 6.45) is 5.51. The van der Waals surface area contributed by atoms with E-state index in [1.165, 1.54) is 48.9 Å². The van der Waals surface area contributed by atoms with Crippen LogP contribution < -0.4 is 5.32 Å². The Hall–Kier alpha value is -0.820. The standard InChI is InChI=1S/C18H29N/c1-13(2)19-12-18-7-5-6-17(18)11-16-9-8-14(3)15(4)10-16/h8-10,13,17-19H,5-7,11-12H2,1-4H3. The van der Waals surface area contributed by atoms with Gasteiger partial charge < -0.3 is 5.32 Å². The Morgan fingerprint density at radius 3 is 2.53 bits per heavy atom. The molecule has 2 rings (SSSR count). The molecule has 1 nitrogen and oxygen atoms in total. The van der Waals surface area contributed by atoms with E-state index in [1.54, 1.807) is 0 Å². The second-order valence-electron chi connectivity index (χ2n) is 6.64. The normalized spacial score (nSPS) is 23.2. The van der Waals surface area contributed by atoms with E-state index in [2.05, 4.69) is 51.2 Å². The summed E-state index contributed by atoms with van der Waals surface area (Å²) in [5.41, 5.74) is 4.38. The van der Waals surface area contributed by atoms with Crippen LogP contribution in [0.3, 0.4) is 0 Å². The lowest BCUT2D eigenvalue weighted by Crippen LogP contribution is -2.31. The number of nitrogens with one attached hydrogen (secondary N) is 1. The van der Waals surface area contributed by atoms with Crippen molar-refractivity contribution in [3.63, 3.8) is 0 Å². The van der Waals surface area contributed by atoms with E-state index in [0.717, 1.165) is 11.8 Å². The second kappa shape index (κ2) is 6.56. The lowest BCUT2D eigenvalue weighted by atomic mass is 9.88. The van der Waals surface area contributed by atoms with Crippen LogP contribution in [0.2, 0.25) is 0 Å². The predicted octanol–water partition coefficient (Wildman–Crippen LogP) is 4.26. The molecule has 1 aliphatic rings. The van der Waals surface area contributed by atoms with Gasteiger partial charge >= 0.3 is 0 Å². The molecule has 1 aliphatic carbocycles. The SMILES string of the molecule is Cc1ccc(CC2CCCC2CNC(C)C)cc1C. The van der Waals surface area contributed by atoms with E-state index < -0.39 is 0 Å². The molecule has 19 heavy (non-hydrogen) atoms. The first-order chi connectivity index (χ1) is 9.06. The smallest absolute Gasteiger partial charge is 0.00104 e. The Morgan fingerprint density at radius 2 is 1.84 bits per heavy atom. The van der Waals surface area contributed by atoms with Gasteiger partial charge in [-0.15, -0.1) is 0 Å². The zero-order chi connectivity index (χ0) is 13.8. The zero-order valence-corrected chi connectivity index (χ0v) is 13.0. The maximum atomic E-state index is 3.62. The molecule has 1 fully saturated rings. The van der Waals surface area contributed by atoms with Gasteiger partial charge in [0.1, 0.15) is 0 Å². The Balaban J connectivity index is 1.95. The summed E-state index contributed by atoms with van der Waals surface area (Å²) in [6, 6.07) is 7.61. The number of benzene rings is 1. The van der Waals surface area contributed by atoms with Crippen molar-refractivity contribution < 1.29 is 0 Å². The van der Waals surface area contributed by atoms with E-state index in [9.17, 15) is 0 Å². The fourth-order valence-electron chi connectivity index (χ4n) is 3.27. The third-order valence-corrected chi connectivity index (χ3v) is 4.67. The highest BCUT2D eigenvalue weighted by molar-refractivity contribution is 5.30. The highest BCUT2D eigenvalue weighted by Crippen LogP contribution is 2.34. The molecule has 0 aromatic heterocycles. The van der Waals surface area contributed by atoms with E-state index in [0.29, 0.717) is 6.04 Å². The summed E-state index contributed by atoms with van der Waals surface area (Å²) in [5.74, 6) is 1.76. The van der Waals surface area contributed by atoms with Crippen LogP contribution >= 0.6 is 0 Å². The molecular formula is C18H29N. The molecule has 0 spiro atoms. The third-order valence-electron chi connectivity index (χ3n) is 4.67. The second-order valence-corrected chi connectivity index (χ2v) is 6.64. The van der Waals surface area contributed by atoms with Gasteiger partial charge in [0.2, 0.25) is 0 Å². The van der Waals surface area contributed by atoms with Crippen LogP contribution in [-0.4, -0.2) is 12.6 Å². The molecule has 1 N–H and O–H groups in total. The molecule has 0 aliphatic heterocycles. The Kier molecular flexibility index (Phi) is 5.04. The molecule has 0 amide bonds. The first kappa shape index (κ1) is 14.6. The van der Waals surface area contributed by atoms with Gasteiger partial charge in [-0.3, -0.25) is 0 Å². The predicted molar refractivity (Wildman–Crippen MR) is 83.6 cm³/mol. The van der Waals surface area contributed by atoms with Crippen LogP contribution in [0.25, 0.3) is 0 Å². The van der Waals surface area contributed by atoms with Gasteiger partial charge in [0.05, 0.1) is 0 Å². The minimum atomic E-state index is 0.614. The van der Waals surface area contributed by atoms with E-state index in [4.69, 9.17) is 0 Å². The van der Waals surface area contributed by atoms with Crippen molar-refractivity contribution in [2.24, 2.45) is 11.8 Å². The van der Waals surface area contributed by atoms with Crippen LogP contribution in [-0.2, 0) is 6.42 Å². The fraction of sp³-hybridized carbons (Fsp3) is 0.667. The van der Waals surface area contributed by atoms with Crippen molar-refractivity contribution in [3.05, 3.63) is 34.9 Å². The van der Waals surface area contributed by atoms with E-state index >= 15 is 0 Å². The first-order valence-corrected chi connectivity index (χ1v) is 7.85. The Bertz CT molecular complexity index is 408. The molecule has 2 unspecified atom stereocenters. The van der Waals surface area contributed by atoms with Crippen LogP contribution in [0.5, 0.6) is 0 Å². The highest BCUT2D eigenvalue weighted by atomic mass is 14.9. The fourth-order valence-corrected chi connectivity index (χ4v) is 3.27. The van der Waals surface area contributed by atoms with E-state index in [1.807, 2.05) is 0 Å². The number of hydrogen-bond acceptors (Lipinski definition) is 1. The molecule has 0 heterocycles. The summed E-state index contributed by atoms with van der Waals surface area (Å²) in [7, 11) is 0.